The second kappa shape index (κ2) is 6.73. The van der Waals surface area contributed by atoms with Gasteiger partial charge in [-0.2, -0.15) is 0 Å². The Bertz CT molecular complexity index is 508. The Kier molecular flexibility index (Phi) is 5.57. The second-order valence-corrected chi connectivity index (χ2v) is 4.78. The maximum Gasteiger partial charge on any atom is 0.303 e. The van der Waals surface area contributed by atoms with Gasteiger partial charge in [0.2, 0.25) is 0 Å². The van der Waals surface area contributed by atoms with Crippen molar-refractivity contribution in [3.63, 3.8) is 0 Å². The number of halogens is 3. The van der Waals surface area contributed by atoms with E-state index in [1.54, 1.807) is 0 Å². The normalized spacial score (nSPS) is 10.3. The molecule has 0 aliphatic rings. The average Bonchev–Trinajstić information content (AvgIpc) is 2.32. The molecule has 0 aliphatic heterocycles. The molecule has 0 saturated carbocycles. The summed E-state index contributed by atoms with van der Waals surface area (Å²) in [6.07, 6.45) is 0.269. The van der Waals surface area contributed by atoms with E-state index in [4.69, 9.17) is 28.3 Å². The average molecular weight is 308 g/mol. The number of hydrogen-bond donors (Lipinski definition) is 1. The van der Waals surface area contributed by atoms with Gasteiger partial charge in [0, 0.05) is 20.0 Å². The van der Waals surface area contributed by atoms with Crippen molar-refractivity contribution in [1.29, 1.82) is 0 Å². The lowest BCUT2D eigenvalue weighted by Crippen LogP contribution is -2.28. The maximum absolute atomic E-state index is 13.3. The summed E-state index contributed by atoms with van der Waals surface area (Å²) in [5.41, 5.74) is 0.00129. The molecule has 0 unspecified atom stereocenters. The monoisotopic (exact) mass is 307 g/mol. The van der Waals surface area contributed by atoms with Crippen LogP contribution in [0, 0.1) is 5.82 Å². The molecule has 0 atom stereocenters. The van der Waals surface area contributed by atoms with Gasteiger partial charge in [-0.3, -0.25) is 9.59 Å². The van der Waals surface area contributed by atoms with E-state index < -0.39 is 17.7 Å². The summed E-state index contributed by atoms with van der Waals surface area (Å²) in [4.78, 5) is 23.6. The number of hydrogen-bond acceptors (Lipinski definition) is 2. The van der Waals surface area contributed by atoms with Gasteiger partial charge in [0.1, 0.15) is 5.82 Å². The number of carbonyl (C=O) groups excluding carboxylic acids is 1. The van der Waals surface area contributed by atoms with Crippen LogP contribution in [-0.4, -0.2) is 35.5 Å². The van der Waals surface area contributed by atoms with Gasteiger partial charge in [-0.05, 0) is 18.6 Å². The summed E-state index contributed by atoms with van der Waals surface area (Å²) >= 11 is 11.4. The maximum atomic E-state index is 13.3. The number of carboxylic acids is 1. The van der Waals surface area contributed by atoms with Crippen LogP contribution in [0.2, 0.25) is 10.0 Å². The zero-order chi connectivity index (χ0) is 14.6. The van der Waals surface area contributed by atoms with Crippen molar-refractivity contribution in [3.8, 4) is 0 Å². The number of benzene rings is 1. The Morgan fingerprint density at radius 2 is 1.95 bits per heavy atom. The molecule has 1 N–H and O–H groups in total. The SMILES string of the molecule is CN(CCCC(=O)O)C(=O)c1cc(F)c(Cl)cc1Cl. The molecule has 0 aromatic heterocycles. The quantitative estimate of drug-likeness (QED) is 0.851. The Hall–Kier alpha value is -1.33. The third kappa shape index (κ3) is 4.36. The minimum absolute atomic E-state index is 0.00129. The standard InChI is InChI=1S/C12H12Cl2FNO3/c1-16(4-2-3-11(17)18)12(19)7-5-10(15)9(14)6-8(7)13/h5-6H,2-4H2,1H3,(H,17,18). The molecule has 1 aromatic rings. The molecule has 0 aliphatic carbocycles. The molecule has 0 spiro atoms. The molecule has 7 heteroatoms. The van der Waals surface area contributed by atoms with Crippen LogP contribution in [0.1, 0.15) is 23.2 Å². The number of nitrogens with zero attached hydrogens (tertiary/aromatic N) is 1. The van der Waals surface area contributed by atoms with Gasteiger partial charge in [-0.1, -0.05) is 23.2 Å². The van der Waals surface area contributed by atoms with Crippen molar-refractivity contribution in [1.82, 2.24) is 4.90 Å². The van der Waals surface area contributed by atoms with Crippen LogP contribution in [0.3, 0.4) is 0 Å². The third-order valence-corrected chi connectivity index (χ3v) is 3.07. The Balaban J connectivity index is 2.77. The summed E-state index contributed by atoms with van der Waals surface area (Å²) in [6, 6.07) is 2.14. The summed E-state index contributed by atoms with van der Waals surface area (Å²) < 4.78 is 13.3. The molecule has 0 fully saturated rings. The van der Waals surface area contributed by atoms with E-state index in [1.807, 2.05) is 0 Å². The highest BCUT2D eigenvalue weighted by Crippen LogP contribution is 2.25. The van der Waals surface area contributed by atoms with Gasteiger partial charge in [0.15, 0.2) is 0 Å². The zero-order valence-electron chi connectivity index (χ0n) is 10.1. The van der Waals surface area contributed by atoms with E-state index in [2.05, 4.69) is 0 Å². The van der Waals surface area contributed by atoms with Crippen molar-refractivity contribution in [3.05, 3.63) is 33.6 Å². The van der Waals surface area contributed by atoms with E-state index >= 15 is 0 Å². The summed E-state index contributed by atoms with van der Waals surface area (Å²) in [5, 5.41) is 8.40. The third-order valence-electron chi connectivity index (χ3n) is 2.47. The first kappa shape index (κ1) is 15.7. The lowest BCUT2D eigenvalue weighted by Gasteiger charge is -2.17. The zero-order valence-corrected chi connectivity index (χ0v) is 11.6. The highest BCUT2D eigenvalue weighted by Gasteiger charge is 2.17. The molecule has 19 heavy (non-hydrogen) atoms. The summed E-state index contributed by atoms with van der Waals surface area (Å²) in [7, 11) is 1.49. The summed E-state index contributed by atoms with van der Waals surface area (Å²) in [6.45, 7) is 0.242. The van der Waals surface area contributed by atoms with Crippen molar-refractivity contribution in [2.24, 2.45) is 0 Å². The Morgan fingerprint density at radius 3 is 2.53 bits per heavy atom. The van der Waals surface area contributed by atoms with Gasteiger partial charge >= 0.3 is 5.97 Å². The molecular formula is C12H12Cl2FNO3. The largest absolute Gasteiger partial charge is 0.481 e. The minimum Gasteiger partial charge on any atom is -0.481 e. The van der Waals surface area contributed by atoms with Crippen LogP contribution < -0.4 is 0 Å². The highest BCUT2D eigenvalue weighted by molar-refractivity contribution is 6.36. The van der Waals surface area contributed by atoms with E-state index in [1.165, 1.54) is 11.9 Å². The molecule has 0 radical (unpaired) electrons. The molecule has 104 valence electrons. The Labute approximate surface area is 119 Å². The number of rotatable bonds is 5. The molecule has 0 saturated heterocycles. The lowest BCUT2D eigenvalue weighted by atomic mass is 10.2. The van der Waals surface area contributed by atoms with Gasteiger partial charge in [0.25, 0.3) is 5.91 Å². The molecule has 1 rings (SSSR count). The van der Waals surface area contributed by atoms with E-state index in [-0.39, 0.29) is 28.6 Å². The predicted octanol–water partition coefficient (Wildman–Crippen LogP) is 3.07. The fourth-order valence-corrected chi connectivity index (χ4v) is 1.93. The molecular weight excluding hydrogens is 296 g/mol. The second-order valence-electron chi connectivity index (χ2n) is 3.97. The number of amides is 1. The first-order valence-electron chi connectivity index (χ1n) is 5.44. The molecule has 1 amide bonds. The first-order valence-corrected chi connectivity index (χ1v) is 6.20. The molecule has 4 nitrogen and oxygen atoms in total. The minimum atomic E-state index is -0.934. The fourth-order valence-electron chi connectivity index (χ4n) is 1.46. The predicted molar refractivity (Wildman–Crippen MR) is 70.3 cm³/mol. The Morgan fingerprint density at radius 1 is 1.32 bits per heavy atom. The molecule has 0 heterocycles. The van der Waals surface area contributed by atoms with Gasteiger partial charge in [0.05, 0.1) is 15.6 Å². The van der Waals surface area contributed by atoms with Crippen LogP contribution in [0.15, 0.2) is 12.1 Å². The van der Waals surface area contributed by atoms with Crippen LogP contribution in [-0.2, 0) is 4.79 Å². The van der Waals surface area contributed by atoms with Gasteiger partial charge in [-0.15, -0.1) is 0 Å². The van der Waals surface area contributed by atoms with Crippen molar-refractivity contribution < 1.29 is 19.1 Å². The lowest BCUT2D eigenvalue weighted by molar-refractivity contribution is -0.137. The highest BCUT2D eigenvalue weighted by atomic mass is 35.5. The smallest absolute Gasteiger partial charge is 0.303 e. The van der Waals surface area contributed by atoms with Crippen LogP contribution in [0.5, 0.6) is 0 Å². The van der Waals surface area contributed by atoms with Crippen LogP contribution >= 0.6 is 23.2 Å². The fraction of sp³-hybridized carbons (Fsp3) is 0.333. The first-order chi connectivity index (χ1) is 8.82. The van der Waals surface area contributed by atoms with Crippen molar-refractivity contribution in [2.75, 3.05) is 13.6 Å². The summed E-state index contributed by atoms with van der Waals surface area (Å²) in [5.74, 6) is -2.14. The topological polar surface area (TPSA) is 57.6 Å². The van der Waals surface area contributed by atoms with Gasteiger partial charge in [-0.25, -0.2) is 4.39 Å². The number of carbonyl (C=O) groups is 2. The van der Waals surface area contributed by atoms with Gasteiger partial charge < -0.3 is 10.0 Å². The van der Waals surface area contributed by atoms with Crippen molar-refractivity contribution >= 4 is 35.1 Å². The number of carboxylic acid groups (broad SMARTS) is 1. The molecule has 1 aromatic carbocycles. The number of aliphatic carboxylic acids is 1. The molecule has 0 bridgehead atoms. The van der Waals surface area contributed by atoms with E-state index in [0.29, 0.717) is 6.42 Å². The van der Waals surface area contributed by atoms with Crippen LogP contribution in [0.25, 0.3) is 0 Å². The van der Waals surface area contributed by atoms with E-state index in [9.17, 15) is 14.0 Å². The van der Waals surface area contributed by atoms with E-state index in [0.717, 1.165) is 12.1 Å². The van der Waals surface area contributed by atoms with Crippen LogP contribution in [0.4, 0.5) is 4.39 Å². The van der Waals surface area contributed by atoms with Crippen molar-refractivity contribution in [2.45, 2.75) is 12.8 Å².